The number of esters is 1. The van der Waals surface area contributed by atoms with Crippen LogP contribution in [0, 0.1) is 0 Å². The molecular weight excluding hydrogens is 370 g/mol. The summed E-state index contributed by atoms with van der Waals surface area (Å²) in [6, 6.07) is 16.8. The van der Waals surface area contributed by atoms with Crippen LogP contribution in [-0.4, -0.2) is 44.3 Å². The molecule has 6 heteroatoms. The second-order valence-corrected chi connectivity index (χ2v) is 6.99. The van der Waals surface area contributed by atoms with Crippen LogP contribution in [0.1, 0.15) is 35.2 Å². The fourth-order valence-corrected chi connectivity index (χ4v) is 3.08. The molecule has 0 unspecified atom stereocenters. The van der Waals surface area contributed by atoms with Crippen LogP contribution in [0.4, 0.5) is 0 Å². The van der Waals surface area contributed by atoms with Crippen LogP contribution in [-0.2, 0) is 20.7 Å². The zero-order valence-electron chi connectivity index (χ0n) is 16.5. The minimum atomic E-state index is -0.532. The highest BCUT2D eigenvalue weighted by Crippen LogP contribution is 2.17. The lowest BCUT2D eigenvalue weighted by molar-refractivity contribution is -0.124. The van der Waals surface area contributed by atoms with Gasteiger partial charge in [0.25, 0.3) is 5.91 Å². The first kappa shape index (κ1) is 20.9. The normalized spacial score (nSPS) is 15.7. The van der Waals surface area contributed by atoms with E-state index in [-0.39, 0.29) is 18.6 Å². The molecule has 0 spiro atoms. The van der Waals surface area contributed by atoms with Crippen LogP contribution in [0.2, 0.25) is 0 Å². The standard InChI is InChI=1S/C23H27NO5/c25-22(24-14-4-8-18-6-2-1-3-7-18)17-29-23(26)19-10-12-20(13-11-19)28-16-21-9-5-15-27-21/h1-3,6-7,10-13,21H,4-5,8-9,14-17H2,(H,24,25)/t21-/m0/s1. The molecule has 0 bridgehead atoms. The quantitative estimate of drug-likeness (QED) is 0.492. The molecule has 1 heterocycles. The van der Waals surface area contributed by atoms with Crippen molar-refractivity contribution < 1.29 is 23.8 Å². The second-order valence-electron chi connectivity index (χ2n) is 6.99. The van der Waals surface area contributed by atoms with Gasteiger partial charge in [-0.3, -0.25) is 4.79 Å². The SMILES string of the molecule is O=C(COC(=O)c1ccc(OC[C@@H]2CCCO2)cc1)NCCCc1ccccc1. The molecule has 0 aromatic heterocycles. The lowest BCUT2D eigenvalue weighted by atomic mass is 10.1. The lowest BCUT2D eigenvalue weighted by Crippen LogP contribution is -2.29. The number of carbonyl (C=O) groups is 2. The van der Waals surface area contributed by atoms with E-state index in [0.717, 1.165) is 32.3 Å². The molecule has 2 aromatic carbocycles. The number of benzene rings is 2. The molecule has 2 aromatic rings. The molecule has 0 saturated carbocycles. The first-order chi connectivity index (χ1) is 14.2. The Morgan fingerprint density at radius 1 is 1.07 bits per heavy atom. The van der Waals surface area contributed by atoms with Crippen molar-refractivity contribution in [3.8, 4) is 5.75 Å². The Morgan fingerprint density at radius 3 is 2.59 bits per heavy atom. The van der Waals surface area contributed by atoms with E-state index in [0.29, 0.717) is 24.5 Å². The highest BCUT2D eigenvalue weighted by molar-refractivity contribution is 5.91. The molecule has 1 aliphatic heterocycles. The highest BCUT2D eigenvalue weighted by Gasteiger charge is 2.16. The summed E-state index contributed by atoms with van der Waals surface area (Å²) in [5.74, 6) is -0.161. The van der Waals surface area contributed by atoms with E-state index in [1.54, 1.807) is 24.3 Å². The molecule has 1 fully saturated rings. The van der Waals surface area contributed by atoms with Gasteiger partial charge in [0.1, 0.15) is 12.4 Å². The third-order valence-electron chi connectivity index (χ3n) is 4.69. The summed E-state index contributed by atoms with van der Waals surface area (Å²) in [6.07, 6.45) is 3.95. The Morgan fingerprint density at radius 2 is 1.86 bits per heavy atom. The van der Waals surface area contributed by atoms with Crippen LogP contribution < -0.4 is 10.1 Å². The van der Waals surface area contributed by atoms with Crippen molar-refractivity contribution in [3.63, 3.8) is 0 Å². The predicted molar refractivity (Wildman–Crippen MR) is 109 cm³/mol. The number of rotatable bonds is 10. The fraction of sp³-hybridized carbons (Fsp3) is 0.391. The molecule has 154 valence electrons. The number of hydrogen-bond donors (Lipinski definition) is 1. The minimum absolute atomic E-state index is 0.144. The Hall–Kier alpha value is -2.86. The van der Waals surface area contributed by atoms with Crippen molar-refractivity contribution in [1.82, 2.24) is 5.32 Å². The molecule has 3 rings (SSSR count). The van der Waals surface area contributed by atoms with Crippen LogP contribution >= 0.6 is 0 Å². The number of carbonyl (C=O) groups excluding carboxylic acids is 2. The second kappa shape index (κ2) is 11.2. The smallest absolute Gasteiger partial charge is 0.338 e. The average molecular weight is 397 g/mol. The Labute approximate surface area is 171 Å². The monoisotopic (exact) mass is 397 g/mol. The van der Waals surface area contributed by atoms with Crippen molar-refractivity contribution in [1.29, 1.82) is 0 Å². The summed E-state index contributed by atoms with van der Waals surface area (Å²) in [6.45, 7) is 1.55. The van der Waals surface area contributed by atoms with E-state index in [1.807, 2.05) is 18.2 Å². The first-order valence-electron chi connectivity index (χ1n) is 10.0. The zero-order chi connectivity index (χ0) is 20.3. The lowest BCUT2D eigenvalue weighted by Gasteiger charge is -2.11. The largest absolute Gasteiger partial charge is 0.491 e. The maximum atomic E-state index is 12.1. The molecule has 1 saturated heterocycles. The van der Waals surface area contributed by atoms with Crippen molar-refractivity contribution in [3.05, 3.63) is 65.7 Å². The molecule has 1 atom stereocenters. The topological polar surface area (TPSA) is 73.9 Å². The van der Waals surface area contributed by atoms with Gasteiger partial charge in [0.15, 0.2) is 6.61 Å². The van der Waals surface area contributed by atoms with Gasteiger partial charge in [0.2, 0.25) is 0 Å². The van der Waals surface area contributed by atoms with Gasteiger partial charge in [-0.2, -0.15) is 0 Å². The van der Waals surface area contributed by atoms with E-state index in [2.05, 4.69) is 17.4 Å². The number of amides is 1. The first-order valence-corrected chi connectivity index (χ1v) is 10.0. The predicted octanol–water partition coefficient (Wildman–Crippen LogP) is 3.15. The van der Waals surface area contributed by atoms with Crippen LogP contribution in [0.5, 0.6) is 5.75 Å². The maximum Gasteiger partial charge on any atom is 0.338 e. The van der Waals surface area contributed by atoms with Gasteiger partial charge >= 0.3 is 5.97 Å². The molecule has 0 aliphatic carbocycles. The van der Waals surface area contributed by atoms with E-state index >= 15 is 0 Å². The summed E-state index contributed by atoms with van der Waals surface area (Å²) in [5, 5.41) is 2.76. The van der Waals surface area contributed by atoms with Gasteiger partial charge in [-0.05, 0) is 55.5 Å². The van der Waals surface area contributed by atoms with Crippen LogP contribution in [0.3, 0.4) is 0 Å². The summed E-state index contributed by atoms with van der Waals surface area (Å²) in [7, 11) is 0. The van der Waals surface area contributed by atoms with Gasteiger partial charge in [0, 0.05) is 13.2 Å². The molecule has 1 aliphatic rings. The fourth-order valence-electron chi connectivity index (χ4n) is 3.08. The molecule has 0 radical (unpaired) electrons. The third kappa shape index (κ3) is 7.23. The number of hydrogen-bond acceptors (Lipinski definition) is 5. The van der Waals surface area contributed by atoms with E-state index in [4.69, 9.17) is 14.2 Å². The summed E-state index contributed by atoms with van der Waals surface area (Å²) in [4.78, 5) is 23.9. The number of aryl methyl sites for hydroxylation is 1. The van der Waals surface area contributed by atoms with Crippen LogP contribution in [0.15, 0.2) is 54.6 Å². The van der Waals surface area contributed by atoms with E-state index in [1.165, 1.54) is 5.56 Å². The molecule has 1 N–H and O–H groups in total. The molecular formula is C23H27NO5. The zero-order valence-corrected chi connectivity index (χ0v) is 16.5. The number of nitrogens with one attached hydrogen (secondary N) is 1. The molecule has 6 nitrogen and oxygen atoms in total. The van der Waals surface area contributed by atoms with E-state index < -0.39 is 5.97 Å². The summed E-state index contributed by atoms with van der Waals surface area (Å²) in [5.41, 5.74) is 1.61. The summed E-state index contributed by atoms with van der Waals surface area (Å²) >= 11 is 0. The van der Waals surface area contributed by atoms with Crippen molar-refractivity contribution in [2.75, 3.05) is 26.4 Å². The minimum Gasteiger partial charge on any atom is -0.491 e. The molecule has 29 heavy (non-hydrogen) atoms. The average Bonchev–Trinajstić information content (AvgIpc) is 3.28. The van der Waals surface area contributed by atoms with Crippen molar-refractivity contribution in [2.24, 2.45) is 0 Å². The van der Waals surface area contributed by atoms with Crippen molar-refractivity contribution >= 4 is 11.9 Å². The van der Waals surface area contributed by atoms with Gasteiger partial charge < -0.3 is 19.5 Å². The van der Waals surface area contributed by atoms with Gasteiger partial charge in [-0.1, -0.05) is 30.3 Å². The van der Waals surface area contributed by atoms with Crippen LogP contribution in [0.25, 0.3) is 0 Å². The van der Waals surface area contributed by atoms with E-state index in [9.17, 15) is 9.59 Å². The van der Waals surface area contributed by atoms with Gasteiger partial charge in [0.05, 0.1) is 11.7 Å². The van der Waals surface area contributed by atoms with Gasteiger partial charge in [-0.25, -0.2) is 4.79 Å². The summed E-state index contributed by atoms with van der Waals surface area (Å²) < 4.78 is 16.3. The molecule has 1 amide bonds. The Kier molecular flexibility index (Phi) is 8.07. The Balaban J connectivity index is 1.31. The Bertz CT molecular complexity index is 770. The van der Waals surface area contributed by atoms with Gasteiger partial charge in [-0.15, -0.1) is 0 Å². The maximum absolute atomic E-state index is 12.1. The third-order valence-corrected chi connectivity index (χ3v) is 4.69. The van der Waals surface area contributed by atoms with Crippen molar-refractivity contribution in [2.45, 2.75) is 31.8 Å². The highest BCUT2D eigenvalue weighted by atomic mass is 16.5. The number of ether oxygens (including phenoxy) is 3.